The molecule has 4 aromatic rings. The third-order valence-electron chi connectivity index (χ3n) is 8.90. The van der Waals surface area contributed by atoms with E-state index in [9.17, 15) is 19.2 Å². The number of carbonyl (C=O) groups is 4. The van der Waals surface area contributed by atoms with E-state index in [1.54, 1.807) is 22.9 Å². The number of benzene rings is 2. The maximum absolute atomic E-state index is 14.2. The van der Waals surface area contributed by atoms with E-state index in [-0.39, 0.29) is 56.7 Å². The topological polar surface area (TPSA) is 144 Å². The molecule has 240 valence electrons. The molecular weight excluding hydrogens is 588 g/mol. The number of nitrogens with one attached hydrogen (secondary N) is 2. The molecule has 2 aliphatic heterocycles. The first-order valence-electron chi connectivity index (χ1n) is 15.5. The Morgan fingerprint density at radius 3 is 2.65 bits per heavy atom. The van der Waals surface area contributed by atoms with Crippen molar-refractivity contribution in [3.63, 3.8) is 0 Å². The summed E-state index contributed by atoms with van der Waals surface area (Å²) in [4.78, 5) is 58.5. The number of fused-ring (bicyclic) bond motifs is 4. The summed E-state index contributed by atoms with van der Waals surface area (Å²) in [7, 11) is 3.48. The molecule has 2 bridgehead atoms. The van der Waals surface area contributed by atoms with Crippen LogP contribution in [0.25, 0.3) is 10.9 Å². The summed E-state index contributed by atoms with van der Waals surface area (Å²) in [6.07, 6.45) is 2.71. The average Bonchev–Trinajstić information content (AvgIpc) is 3.63. The van der Waals surface area contributed by atoms with Crippen molar-refractivity contribution in [2.24, 2.45) is 7.05 Å². The van der Waals surface area contributed by atoms with Gasteiger partial charge in [-0.15, -0.1) is 5.10 Å². The maximum atomic E-state index is 14.2. The van der Waals surface area contributed by atoms with Crippen LogP contribution in [0.1, 0.15) is 40.2 Å². The Morgan fingerprint density at radius 2 is 1.87 bits per heavy atom. The summed E-state index contributed by atoms with van der Waals surface area (Å²) in [6.45, 7) is 2.78. The highest BCUT2D eigenvalue weighted by molar-refractivity contribution is 6.09. The zero-order valence-electron chi connectivity index (χ0n) is 26.2. The molecule has 0 unspecified atom stereocenters. The van der Waals surface area contributed by atoms with Gasteiger partial charge < -0.3 is 29.7 Å². The van der Waals surface area contributed by atoms with Crippen molar-refractivity contribution in [2.45, 2.75) is 51.4 Å². The largest absolute Gasteiger partial charge is 0.497 e. The quantitative estimate of drug-likeness (QED) is 0.350. The fourth-order valence-electron chi connectivity index (χ4n) is 6.30. The first kappa shape index (κ1) is 30.8. The number of amides is 4. The van der Waals surface area contributed by atoms with Gasteiger partial charge in [-0.1, -0.05) is 35.5 Å². The third kappa shape index (κ3) is 6.17. The zero-order valence-corrected chi connectivity index (χ0v) is 26.2. The van der Waals surface area contributed by atoms with E-state index >= 15 is 0 Å². The number of aromatic nitrogens is 4. The van der Waals surface area contributed by atoms with Crippen LogP contribution in [-0.4, -0.2) is 91.8 Å². The molecule has 2 aliphatic rings. The lowest BCUT2D eigenvalue weighted by Gasteiger charge is -2.42. The maximum Gasteiger partial charge on any atom is 0.256 e. The summed E-state index contributed by atoms with van der Waals surface area (Å²) in [6, 6.07) is 13.2. The van der Waals surface area contributed by atoms with Crippen molar-refractivity contribution in [3.05, 3.63) is 77.2 Å². The van der Waals surface area contributed by atoms with Gasteiger partial charge in [-0.2, -0.15) is 0 Å². The highest BCUT2D eigenvalue weighted by Gasteiger charge is 2.40. The van der Waals surface area contributed by atoms with Crippen LogP contribution in [-0.2, 0) is 40.9 Å². The minimum atomic E-state index is -0.995. The molecule has 2 aromatic heterocycles. The van der Waals surface area contributed by atoms with Gasteiger partial charge in [0.1, 0.15) is 23.5 Å². The van der Waals surface area contributed by atoms with E-state index in [0.29, 0.717) is 30.0 Å². The monoisotopic (exact) mass is 626 g/mol. The summed E-state index contributed by atoms with van der Waals surface area (Å²) in [5.41, 5.74) is 3.63. The molecular formula is C33H38N8O5. The zero-order chi connectivity index (χ0) is 32.4. The summed E-state index contributed by atoms with van der Waals surface area (Å²) < 4.78 is 9.03. The molecule has 4 amide bonds. The van der Waals surface area contributed by atoms with Gasteiger partial charge in [0.25, 0.3) is 5.91 Å². The minimum absolute atomic E-state index is 0.0190. The molecule has 2 atom stereocenters. The molecule has 2 aromatic carbocycles. The van der Waals surface area contributed by atoms with E-state index in [2.05, 4.69) is 20.9 Å². The summed E-state index contributed by atoms with van der Waals surface area (Å²) in [5, 5.41) is 14.8. The first-order chi connectivity index (χ1) is 22.2. The fourth-order valence-corrected chi connectivity index (χ4v) is 6.30. The van der Waals surface area contributed by atoms with Gasteiger partial charge >= 0.3 is 0 Å². The lowest BCUT2D eigenvalue weighted by Crippen LogP contribution is -2.64. The lowest BCUT2D eigenvalue weighted by molar-refractivity contribution is -0.146. The SMILES string of the molecule is COc1ccc2c(c1)c(C(=O)N1CCN3C(=O)[C@H](Cc4ccccc4)NC(=O)CCCn4cc(nn4)CNC(=O)[C@H]3C1)c(C)n2C. The van der Waals surface area contributed by atoms with E-state index in [4.69, 9.17) is 4.74 Å². The van der Waals surface area contributed by atoms with Crippen LogP contribution in [0, 0.1) is 6.92 Å². The first-order valence-corrected chi connectivity index (χ1v) is 15.5. The number of nitrogens with zero attached hydrogens (tertiary/aromatic N) is 6. The molecule has 2 N–H and O–H groups in total. The Labute approximate surface area is 266 Å². The third-order valence-corrected chi connectivity index (χ3v) is 8.90. The number of aryl methyl sites for hydroxylation is 2. The van der Waals surface area contributed by atoms with Crippen LogP contribution in [0.5, 0.6) is 5.75 Å². The van der Waals surface area contributed by atoms with Crippen molar-refractivity contribution in [3.8, 4) is 5.75 Å². The van der Waals surface area contributed by atoms with Gasteiger partial charge in [-0.3, -0.25) is 23.9 Å². The highest BCUT2D eigenvalue weighted by Crippen LogP contribution is 2.30. The normalized spacial score (nSPS) is 19.6. The van der Waals surface area contributed by atoms with E-state index in [1.807, 2.05) is 67.1 Å². The van der Waals surface area contributed by atoms with Gasteiger partial charge in [0.05, 0.1) is 32.0 Å². The number of carbonyl (C=O) groups excluding carboxylic acids is 4. The predicted molar refractivity (Wildman–Crippen MR) is 169 cm³/mol. The van der Waals surface area contributed by atoms with E-state index < -0.39 is 18.0 Å². The molecule has 13 nitrogen and oxygen atoms in total. The number of methoxy groups -OCH3 is 1. The Hall–Kier alpha value is -5.20. The molecule has 6 rings (SSSR count). The van der Waals surface area contributed by atoms with Crippen LogP contribution in [0.15, 0.2) is 54.7 Å². The molecule has 1 saturated heterocycles. The molecule has 0 saturated carbocycles. The number of rotatable bonds is 4. The Balaban J connectivity index is 1.33. The number of hydrogen-bond acceptors (Lipinski definition) is 7. The smallest absolute Gasteiger partial charge is 0.256 e. The van der Waals surface area contributed by atoms with Crippen LogP contribution in [0.2, 0.25) is 0 Å². The standard InChI is InChI=1S/C33H38N8O5/c1-21-30(25-17-24(46-3)11-12-27(25)38(21)2)33(45)39-14-15-41-28(20-39)31(43)34-18-23-19-40(37-36-23)13-7-10-29(42)35-26(32(41)44)16-22-8-5-4-6-9-22/h4-6,8-9,11-12,17,19,26,28H,7,10,13-16,18,20H2,1-3H3,(H,34,43)(H,35,42)/t26-,28+/m0/s1. The van der Waals surface area contributed by atoms with Crippen molar-refractivity contribution in [1.29, 1.82) is 0 Å². The number of piperazine rings is 1. The minimum Gasteiger partial charge on any atom is -0.497 e. The second-order valence-electron chi connectivity index (χ2n) is 11.8. The number of ether oxygens (including phenoxy) is 1. The predicted octanol–water partition coefficient (Wildman–Crippen LogP) is 1.58. The van der Waals surface area contributed by atoms with Crippen molar-refractivity contribution < 1.29 is 23.9 Å². The second kappa shape index (κ2) is 13.0. The van der Waals surface area contributed by atoms with E-state index in [1.165, 1.54) is 4.90 Å². The summed E-state index contributed by atoms with van der Waals surface area (Å²) >= 11 is 0. The average molecular weight is 627 g/mol. The molecule has 0 radical (unpaired) electrons. The Bertz CT molecular complexity index is 1780. The van der Waals surface area contributed by atoms with Gasteiger partial charge in [-0.05, 0) is 37.1 Å². The van der Waals surface area contributed by atoms with Crippen LogP contribution in [0.4, 0.5) is 0 Å². The van der Waals surface area contributed by atoms with Crippen molar-refractivity contribution in [1.82, 2.24) is 40.0 Å². The van der Waals surface area contributed by atoms with Crippen molar-refractivity contribution in [2.75, 3.05) is 26.7 Å². The molecule has 46 heavy (non-hydrogen) atoms. The Morgan fingerprint density at radius 1 is 1.07 bits per heavy atom. The van der Waals surface area contributed by atoms with E-state index in [0.717, 1.165) is 22.2 Å². The van der Waals surface area contributed by atoms with Crippen molar-refractivity contribution >= 4 is 34.5 Å². The Kier molecular flexibility index (Phi) is 8.73. The van der Waals surface area contributed by atoms with Crippen LogP contribution >= 0.6 is 0 Å². The summed E-state index contributed by atoms with van der Waals surface area (Å²) in [5.74, 6) is -0.649. The molecule has 13 heteroatoms. The van der Waals surface area contributed by atoms with Gasteiger partial charge in [0, 0.05) is 56.1 Å². The molecule has 1 fully saturated rings. The highest BCUT2D eigenvalue weighted by atomic mass is 16.5. The molecule has 0 aliphatic carbocycles. The fraction of sp³-hybridized carbons (Fsp3) is 0.394. The number of hydrogen-bond donors (Lipinski definition) is 2. The molecule has 0 spiro atoms. The van der Waals surface area contributed by atoms with Crippen LogP contribution < -0.4 is 15.4 Å². The van der Waals surface area contributed by atoms with Gasteiger partial charge in [0.15, 0.2) is 0 Å². The van der Waals surface area contributed by atoms with Gasteiger partial charge in [-0.25, -0.2) is 0 Å². The second-order valence-corrected chi connectivity index (χ2v) is 11.8. The molecule has 4 heterocycles. The lowest BCUT2D eigenvalue weighted by atomic mass is 10.0. The van der Waals surface area contributed by atoms with Gasteiger partial charge in [0.2, 0.25) is 17.7 Å². The van der Waals surface area contributed by atoms with Crippen LogP contribution in [0.3, 0.4) is 0 Å².